The summed E-state index contributed by atoms with van der Waals surface area (Å²) in [6.45, 7) is 9.55. The van der Waals surface area contributed by atoms with Gasteiger partial charge in [-0.2, -0.15) is 4.98 Å². The Morgan fingerprint density at radius 2 is 1.71 bits per heavy atom. The standard InChI is InChI=1S/C26H36N6O2/c1-20-8-11-31(12-9-20)26-27-23-10-13-32(24(33)19-34-21-6-4-3-5-7-21)18-22(23)25(28-26)30-16-14-29(2)15-17-30/h3-7,20H,8-19H2,1-2H3. The van der Waals surface area contributed by atoms with E-state index in [0.717, 1.165) is 80.4 Å². The SMILES string of the molecule is CC1CCN(c2nc3c(c(N4CCN(C)CC4)n2)CN(C(=O)COc2ccccc2)CC3)CC1. The first-order valence-corrected chi connectivity index (χ1v) is 12.6. The Balaban J connectivity index is 1.36. The highest BCUT2D eigenvalue weighted by atomic mass is 16.5. The number of para-hydroxylation sites is 1. The molecule has 0 N–H and O–H groups in total. The van der Waals surface area contributed by atoms with Crippen molar-refractivity contribution in [2.75, 3.05) is 69.3 Å². The van der Waals surface area contributed by atoms with Gasteiger partial charge in [0, 0.05) is 57.8 Å². The molecule has 5 rings (SSSR count). The number of piperazine rings is 1. The number of benzene rings is 1. The number of rotatable bonds is 5. The molecule has 3 aliphatic heterocycles. The minimum absolute atomic E-state index is 0.00734. The molecule has 1 aromatic carbocycles. The van der Waals surface area contributed by atoms with Crippen LogP contribution < -0.4 is 14.5 Å². The zero-order chi connectivity index (χ0) is 23.5. The maximum absolute atomic E-state index is 13.0. The number of ether oxygens (including phenoxy) is 1. The number of hydrogen-bond donors (Lipinski definition) is 0. The number of carbonyl (C=O) groups is 1. The molecule has 0 radical (unpaired) electrons. The van der Waals surface area contributed by atoms with Gasteiger partial charge in [-0.1, -0.05) is 25.1 Å². The number of likely N-dealkylation sites (N-methyl/N-ethyl adjacent to an activating group) is 1. The third kappa shape index (κ3) is 5.12. The minimum Gasteiger partial charge on any atom is -0.484 e. The van der Waals surface area contributed by atoms with Crippen molar-refractivity contribution >= 4 is 17.7 Å². The molecule has 8 nitrogen and oxygen atoms in total. The van der Waals surface area contributed by atoms with Gasteiger partial charge >= 0.3 is 0 Å². The van der Waals surface area contributed by atoms with Crippen molar-refractivity contribution in [1.82, 2.24) is 19.8 Å². The molecular formula is C26H36N6O2. The summed E-state index contributed by atoms with van der Waals surface area (Å²) in [6, 6.07) is 9.52. The Kier molecular flexibility index (Phi) is 6.85. The van der Waals surface area contributed by atoms with Crippen LogP contribution in [0.25, 0.3) is 0 Å². The normalized spacial score (nSPS) is 19.8. The second kappa shape index (κ2) is 10.2. The molecule has 2 aromatic rings. The zero-order valence-electron chi connectivity index (χ0n) is 20.4. The van der Waals surface area contributed by atoms with E-state index in [1.54, 1.807) is 0 Å². The Morgan fingerprint density at radius 3 is 2.44 bits per heavy atom. The lowest BCUT2D eigenvalue weighted by Gasteiger charge is -2.38. The van der Waals surface area contributed by atoms with Gasteiger partial charge in [0.25, 0.3) is 5.91 Å². The van der Waals surface area contributed by atoms with Crippen molar-refractivity contribution in [2.24, 2.45) is 5.92 Å². The van der Waals surface area contributed by atoms with Crippen molar-refractivity contribution < 1.29 is 9.53 Å². The molecule has 2 fully saturated rings. The van der Waals surface area contributed by atoms with Gasteiger partial charge < -0.3 is 24.3 Å². The van der Waals surface area contributed by atoms with Gasteiger partial charge in [0.1, 0.15) is 11.6 Å². The molecule has 0 bridgehead atoms. The average molecular weight is 465 g/mol. The van der Waals surface area contributed by atoms with Gasteiger partial charge in [-0.05, 0) is 37.9 Å². The monoisotopic (exact) mass is 464 g/mol. The fourth-order valence-corrected chi connectivity index (χ4v) is 4.98. The van der Waals surface area contributed by atoms with Crippen LogP contribution in [0.15, 0.2) is 30.3 Å². The summed E-state index contributed by atoms with van der Waals surface area (Å²) in [5.74, 6) is 3.38. The molecule has 8 heteroatoms. The number of aromatic nitrogens is 2. The van der Waals surface area contributed by atoms with E-state index in [-0.39, 0.29) is 12.5 Å². The van der Waals surface area contributed by atoms with Crippen LogP contribution in [0.3, 0.4) is 0 Å². The molecule has 0 unspecified atom stereocenters. The average Bonchev–Trinajstić information content (AvgIpc) is 2.88. The first-order chi connectivity index (χ1) is 16.6. The van der Waals surface area contributed by atoms with Crippen molar-refractivity contribution in [3.8, 4) is 5.75 Å². The molecule has 182 valence electrons. The largest absolute Gasteiger partial charge is 0.484 e. The fourth-order valence-electron chi connectivity index (χ4n) is 4.98. The summed E-state index contributed by atoms with van der Waals surface area (Å²) in [7, 11) is 2.17. The van der Waals surface area contributed by atoms with Gasteiger partial charge in [0.2, 0.25) is 5.95 Å². The van der Waals surface area contributed by atoms with Gasteiger partial charge in [-0.15, -0.1) is 0 Å². The lowest BCUT2D eigenvalue weighted by molar-refractivity contribution is -0.134. The number of nitrogens with zero attached hydrogens (tertiary/aromatic N) is 6. The molecule has 0 aliphatic carbocycles. The van der Waals surface area contributed by atoms with Crippen molar-refractivity contribution in [1.29, 1.82) is 0 Å². The molecule has 0 spiro atoms. The van der Waals surface area contributed by atoms with Gasteiger partial charge in [-0.3, -0.25) is 4.79 Å². The number of amides is 1. The zero-order valence-corrected chi connectivity index (χ0v) is 20.4. The predicted octanol–water partition coefficient (Wildman–Crippen LogP) is 2.43. The molecule has 0 saturated carbocycles. The van der Waals surface area contributed by atoms with E-state index in [4.69, 9.17) is 14.7 Å². The smallest absolute Gasteiger partial charge is 0.260 e. The fraction of sp³-hybridized carbons (Fsp3) is 0.577. The van der Waals surface area contributed by atoms with Crippen LogP contribution >= 0.6 is 0 Å². The topological polar surface area (TPSA) is 65.0 Å². The Labute approximate surface area is 202 Å². The second-order valence-electron chi connectivity index (χ2n) is 9.90. The van der Waals surface area contributed by atoms with Crippen LogP contribution in [0.1, 0.15) is 31.0 Å². The molecule has 0 atom stereocenters. The molecule has 3 aliphatic rings. The highest BCUT2D eigenvalue weighted by molar-refractivity contribution is 5.78. The molecule has 1 aromatic heterocycles. The van der Waals surface area contributed by atoms with Crippen LogP contribution in [-0.2, 0) is 17.8 Å². The Bertz CT molecular complexity index is 984. The van der Waals surface area contributed by atoms with Crippen molar-refractivity contribution in [2.45, 2.75) is 32.7 Å². The maximum Gasteiger partial charge on any atom is 0.260 e. The predicted molar refractivity (Wildman–Crippen MR) is 133 cm³/mol. The minimum atomic E-state index is 0.00734. The van der Waals surface area contributed by atoms with Crippen LogP contribution in [0.5, 0.6) is 5.75 Å². The van der Waals surface area contributed by atoms with E-state index in [0.29, 0.717) is 13.1 Å². The molecule has 34 heavy (non-hydrogen) atoms. The number of anilines is 2. The lowest BCUT2D eigenvalue weighted by atomic mass is 9.99. The summed E-state index contributed by atoms with van der Waals surface area (Å²) < 4.78 is 5.73. The second-order valence-corrected chi connectivity index (χ2v) is 9.90. The van der Waals surface area contributed by atoms with Crippen LogP contribution in [0.2, 0.25) is 0 Å². The number of fused-ring (bicyclic) bond motifs is 1. The number of piperidine rings is 1. The molecule has 1 amide bonds. The van der Waals surface area contributed by atoms with E-state index in [1.807, 2.05) is 35.2 Å². The summed E-state index contributed by atoms with van der Waals surface area (Å²) in [5, 5.41) is 0. The van der Waals surface area contributed by atoms with Crippen molar-refractivity contribution in [3.63, 3.8) is 0 Å². The quantitative estimate of drug-likeness (QED) is 0.673. The number of hydrogen-bond acceptors (Lipinski definition) is 7. The first kappa shape index (κ1) is 22.9. The third-order valence-corrected chi connectivity index (χ3v) is 7.35. The lowest BCUT2D eigenvalue weighted by Crippen LogP contribution is -2.47. The summed E-state index contributed by atoms with van der Waals surface area (Å²) in [5.41, 5.74) is 2.21. The molecule has 4 heterocycles. The van der Waals surface area contributed by atoms with Crippen LogP contribution in [0.4, 0.5) is 11.8 Å². The van der Waals surface area contributed by atoms with E-state index < -0.39 is 0 Å². The third-order valence-electron chi connectivity index (χ3n) is 7.35. The molecular weight excluding hydrogens is 428 g/mol. The van der Waals surface area contributed by atoms with Crippen LogP contribution in [-0.4, -0.2) is 85.1 Å². The van der Waals surface area contributed by atoms with Gasteiger partial charge in [-0.25, -0.2) is 4.98 Å². The van der Waals surface area contributed by atoms with Gasteiger partial charge in [0.05, 0.1) is 12.2 Å². The first-order valence-electron chi connectivity index (χ1n) is 12.6. The number of carbonyl (C=O) groups excluding carboxylic acids is 1. The molecule has 2 saturated heterocycles. The summed E-state index contributed by atoms with van der Waals surface area (Å²) >= 11 is 0. The van der Waals surface area contributed by atoms with Crippen molar-refractivity contribution in [3.05, 3.63) is 41.6 Å². The van der Waals surface area contributed by atoms with E-state index in [2.05, 4.69) is 28.7 Å². The Morgan fingerprint density at radius 1 is 0.971 bits per heavy atom. The Hall–Kier alpha value is -2.87. The highest BCUT2D eigenvalue weighted by Gasteiger charge is 2.30. The van der Waals surface area contributed by atoms with Gasteiger partial charge in [0.15, 0.2) is 6.61 Å². The van der Waals surface area contributed by atoms with E-state index in [1.165, 1.54) is 12.8 Å². The van der Waals surface area contributed by atoms with E-state index in [9.17, 15) is 4.79 Å². The summed E-state index contributed by atoms with van der Waals surface area (Å²) in [6.07, 6.45) is 3.13. The van der Waals surface area contributed by atoms with E-state index >= 15 is 0 Å². The maximum atomic E-state index is 13.0. The van der Waals surface area contributed by atoms with Crippen LogP contribution in [0, 0.1) is 5.92 Å². The summed E-state index contributed by atoms with van der Waals surface area (Å²) in [4.78, 5) is 32.1. The highest BCUT2D eigenvalue weighted by Crippen LogP contribution is 2.31.